The predicted molar refractivity (Wildman–Crippen MR) is 130 cm³/mol. The van der Waals surface area contributed by atoms with Gasteiger partial charge in [-0.2, -0.15) is 9.97 Å². The summed E-state index contributed by atoms with van der Waals surface area (Å²) < 4.78 is 14.1. The van der Waals surface area contributed by atoms with Crippen molar-refractivity contribution in [3.63, 3.8) is 0 Å². The Kier molecular flexibility index (Phi) is 5.38. The van der Waals surface area contributed by atoms with Crippen molar-refractivity contribution in [1.82, 2.24) is 19.5 Å². The van der Waals surface area contributed by atoms with Crippen LogP contribution in [0, 0.1) is 13.8 Å². The first kappa shape index (κ1) is 20.8. The fraction of sp³-hybridized carbons (Fsp3) is 0.174. The van der Waals surface area contributed by atoms with Crippen molar-refractivity contribution >= 4 is 53.3 Å². The van der Waals surface area contributed by atoms with Crippen LogP contribution in [0.5, 0.6) is 0 Å². The molecular formula is C23H25N6OP. The second kappa shape index (κ2) is 8.00. The molecule has 4 aromatic rings. The van der Waals surface area contributed by atoms with Crippen molar-refractivity contribution in [2.24, 2.45) is 0 Å². The summed E-state index contributed by atoms with van der Waals surface area (Å²) in [4.78, 5) is 13.2. The number of imidazole rings is 1. The van der Waals surface area contributed by atoms with Gasteiger partial charge in [0.2, 0.25) is 5.95 Å². The lowest BCUT2D eigenvalue weighted by Crippen LogP contribution is -2.04. The molecule has 2 heterocycles. The molecule has 4 rings (SSSR count). The van der Waals surface area contributed by atoms with Gasteiger partial charge in [-0.05, 0) is 74.2 Å². The van der Waals surface area contributed by atoms with E-state index >= 15 is 0 Å². The van der Waals surface area contributed by atoms with E-state index in [2.05, 4.69) is 46.2 Å². The van der Waals surface area contributed by atoms with Crippen molar-refractivity contribution in [1.29, 1.82) is 0 Å². The second-order valence-corrected chi connectivity index (χ2v) is 11.1. The van der Waals surface area contributed by atoms with E-state index in [1.165, 1.54) is 11.1 Å². The Labute approximate surface area is 181 Å². The standard InChI is InChI=1S/C23H25N6OP/c1-15-6-5-7-16(2)19(15)12-13-29-14-25-20-21(27-23(24)28-22(20)29)26-17-8-10-18(11-9-17)31(3,4)30/h5-14H,1-4H3,(H3,24,26,27,28)/b13-12+. The number of fused-ring (bicyclic) bond motifs is 1. The first-order valence-electron chi connectivity index (χ1n) is 9.89. The zero-order valence-corrected chi connectivity index (χ0v) is 18.9. The summed E-state index contributed by atoms with van der Waals surface area (Å²) in [7, 11) is -2.30. The topological polar surface area (TPSA) is 98.7 Å². The number of benzene rings is 2. The Morgan fingerprint density at radius 2 is 1.71 bits per heavy atom. The molecule has 158 valence electrons. The summed E-state index contributed by atoms with van der Waals surface area (Å²) in [6.07, 6.45) is 5.67. The van der Waals surface area contributed by atoms with E-state index in [0.717, 1.165) is 16.6 Å². The van der Waals surface area contributed by atoms with Crippen molar-refractivity contribution in [3.8, 4) is 0 Å². The second-order valence-electron chi connectivity index (χ2n) is 7.90. The molecular weight excluding hydrogens is 407 g/mol. The van der Waals surface area contributed by atoms with Gasteiger partial charge in [0.25, 0.3) is 0 Å². The van der Waals surface area contributed by atoms with Crippen LogP contribution >= 0.6 is 7.14 Å². The minimum Gasteiger partial charge on any atom is -0.368 e. The monoisotopic (exact) mass is 432 g/mol. The van der Waals surface area contributed by atoms with Crippen LogP contribution in [-0.2, 0) is 4.57 Å². The van der Waals surface area contributed by atoms with Gasteiger partial charge in [-0.15, -0.1) is 0 Å². The molecule has 2 aromatic heterocycles. The van der Waals surface area contributed by atoms with Gasteiger partial charge in [0.15, 0.2) is 17.0 Å². The lowest BCUT2D eigenvalue weighted by molar-refractivity contribution is 0.588. The number of aryl methyl sites for hydroxylation is 2. The SMILES string of the molecule is Cc1cccc(C)c1/C=C/n1cnc2c(Nc3ccc(P(C)(C)=O)cc3)nc(N)nc21. The molecule has 0 aliphatic rings. The van der Waals surface area contributed by atoms with Crippen molar-refractivity contribution in [2.75, 3.05) is 24.4 Å². The van der Waals surface area contributed by atoms with E-state index in [4.69, 9.17) is 5.73 Å². The van der Waals surface area contributed by atoms with Crippen LogP contribution in [0.1, 0.15) is 16.7 Å². The van der Waals surface area contributed by atoms with Gasteiger partial charge < -0.3 is 15.6 Å². The van der Waals surface area contributed by atoms with Crippen LogP contribution in [0.4, 0.5) is 17.5 Å². The van der Waals surface area contributed by atoms with E-state index in [1.807, 2.05) is 47.2 Å². The molecule has 3 N–H and O–H groups in total. The summed E-state index contributed by atoms with van der Waals surface area (Å²) in [5.74, 6) is 0.672. The average Bonchev–Trinajstić information content (AvgIpc) is 3.10. The molecule has 0 fully saturated rings. The Hall–Kier alpha value is -3.44. The molecule has 0 aliphatic carbocycles. The maximum Gasteiger partial charge on any atom is 0.224 e. The number of nitrogen functional groups attached to an aromatic ring is 1. The maximum atomic E-state index is 12.2. The number of hydrogen-bond acceptors (Lipinski definition) is 6. The molecule has 0 spiro atoms. The first-order chi connectivity index (χ1) is 14.7. The van der Waals surface area contributed by atoms with Gasteiger partial charge in [-0.25, -0.2) is 4.98 Å². The van der Waals surface area contributed by atoms with Crippen LogP contribution in [0.2, 0.25) is 0 Å². The average molecular weight is 432 g/mol. The van der Waals surface area contributed by atoms with E-state index in [1.54, 1.807) is 19.7 Å². The minimum atomic E-state index is -2.30. The van der Waals surface area contributed by atoms with Crippen LogP contribution < -0.4 is 16.4 Å². The molecule has 0 atom stereocenters. The van der Waals surface area contributed by atoms with Crippen LogP contribution in [0.25, 0.3) is 23.4 Å². The Bertz CT molecular complexity index is 1310. The number of nitrogens with one attached hydrogen (secondary N) is 1. The van der Waals surface area contributed by atoms with Gasteiger partial charge in [-0.1, -0.05) is 18.2 Å². The third-order valence-electron chi connectivity index (χ3n) is 5.13. The van der Waals surface area contributed by atoms with Crippen LogP contribution in [0.3, 0.4) is 0 Å². The number of anilines is 3. The molecule has 8 heteroatoms. The minimum absolute atomic E-state index is 0.153. The molecule has 0 saturated heterocycles. The predicted octanol–water partition coefficient (Wildman–Crippen LogP) is 4.64. The zero-order chi connectivity index (χ0) is 22.2. The highest BCUT2D eigenvalue weighted by molar-refractivity contribution is 7.70. The summed E-state index contributed by atoms with van der Waals surface area (Å²) >= 11 is 0. The molecule has 31 heavy (non-hydrogen) atoms. The molecule has 0 bridgehead atoms. The largest absolute Gasteiger partial charge is 0.368 e. The van der Waals surface area contributed by atoms with Crippen molar-refractivity contribution < 1.29 is 4.57 Å². The summed E-state index contributed by atoms with van der Waals surface area (Å²) in [5, 5.41) is 4.08. The van der Waals surface area contributed by atoms with Gasteiger partial charge in [0.05, 0.1) is 0 Å². The number of hydrogen-bond donors (Lipinski definition) is 2. The lowest BCUT2D eigenvalue weighted by Gasteiger charge is -2.10. The lowest BCUT2D eigenvalue weighted by atomic mass is 10.0. The van der Waals surface area contributed by atoms with Crippen LogP contribution in [-0.4, -0.2) is 32.8 Å². The highest BCUT2D eigenvalue weighted by Gasteiger charge is 2.14. The van der Waals surface area contributed by atoms with Crippen LogP contribution in [0.15, 0.2) is 48.8 Å². The summed E-state index contributed by atoms with van der Waals surface area (Å²) in [6.45, 7) is 7.68. The third kappa shape index (κ3) is 4.37. The van der Waals surface area contributed by atoms with Crippen molar-refractivity contribution in [3.05, 3.63) is 65.5 Å². The molecule has 0 radical (unpaired) electrons. The molecule has 0 amide bonds. The highest BCUT2D eigenvalue weighted by Crippen LogP contribution is 2.35. The summed E-state index contributed by atoms with van der Waals surface area (Å²) in [6, 6.07) is 13.7. The third-order valence-corrected chi connectivity index (χ3v) is 6.68. The Morgan fingerprint density at radius 3 is 2.35 bits per heavy atom. The maximum absolute atomic E-state index is 12.2. The Morgan fingerprint density at radius 1 is 1.03 bits per heavy atom. The van der Waals surface area contributed by atoms with Crippen molar-refractivity contribution in [2.45, 2.75) is 13.8 Å². The molecule has 0 aliphatic heterocycles. The van der Waals surface area contributed by atoms with E-state index < -0.39 is 7.14 Å². The first-order valence-corrected chi connectivity index (χ1v) is 12.5. The molecule has 7 nitrogen and oxygen atoms in total. The quantitative estimate of drug-likeness (QED) is 0.446. The number of rotatable bonds is 5. The smallest absolute Gasteiger partial charge is 0.224 e. The van der Waals surface area contributed by atoms with Gasteiger partial charge in [0, 0.05) is 17.2 Å². The van der Waals surface area contributed by atoms with E-state index in [0.29, 0.717) is 17.0 Å². The van der Waals surface area contributed by atoms with Gasteiger partial charge in [0.1, 0.15) is 13.5 Å². The fourth-order valence-corrected chi connectivity index (χ4v) is 4.28. The van der Waals surface area contributed by atoms with Gasteiger partial charge in [-0.3, -0.25) is 4.57 Å². The molecule has 0 unspecified atom stereocenters. The molecule has 0 saturated carbocycles. The normalized spacial score (nSPS) is 12.0. The van der Waals surface area contributed by atoms with Gasteiger partial charge >= 0.3 is 0 Å². The fourth-order valence-electron chi connectivity index (χ4n) is 3.42. The highest BCUT2D eigenvalue weighted by atomic mass is 31.2. The number of nitrogens with zero attached hydrogens (tertiary/aromatic N) is 4. The van der Waals surface area contributed by atoms with E-state index in [-0.39, 0.29) is 5.95 Å². The summed E-state index contributed by atoms with van der Waals surface area (Å²) in [5.41, 5.74) is 11.6. The number of aromatic nitrogens is 4. The molecule has 2 aromatic carbocycles. The Balaban J connectivity index is 1.68. The number of nitrogens with two attached hydrogens (primary N) is 1. The zero-order valence-electron chi connectivity index (χ0n) is 18.0. The van der Waals surface area contributed by atoms with E-state index in [9.17, 15) is 4.57 Å².